The van der Waals surface area contributed by atoms with Gasteiger partial charge in [0, 0.05) is 23.3 Å². The molecule has 0 aliphatic carbocycles. The first-order valence-corrected chi connectivity index (χ1v) is 8.55. The van der Waals surface area contributed by atoms with Crippen LogP contribution < -0.4 is 5.73 Å². The summed E-state index contributed by atoms with van der Waals surface area (Å²) in [5, 5.41) is 0.482. The molecule has 2 rings (SSSR count). The number of aromatic nitrogens is 1. The van der Waals surface area contributed by atoms with Crippen molar-refractivity contribution in [3.63, 3.8) is 0 Å². The Morgan fingerprint density at radius 2 is 1.85 bits per heavy atom. The second-order valence-corrected chi connectivity index (χ2v) is 8.31. The quantitative estimate of drug-likeness (QED) is 0.881. The van der Waals surface area contributed by atoms with Gasteiger partial charge >= 0.3 is 0 Å². The molecule has 0 saturated heterocycles. The molecule has 0 spiro atoms. The van der Waals surface area contributed by atoms with Gasteiger partial charge in [0.15, 0.2) is 9.84 Å². The minimum atomic E-state index is -3.14. The number of rotatable bonds is 4. The van der Waals surface area contributed by atoms with Gasteiger partial charge in [0.05, 0.1) is 16.5 Å². The highest BCUT2D eigenvalue weighted by Gasteiger charge is 2.21. The lowest BCUT2D eigenvalue weighted by Gasteiger charge is -2.09. The number of anilines is 1. The van der Waals surface area contributed by atoms with Crippen molar-refractivity contribution in [2.75, 3.05) is 5.73 Å². The monoisotopic (exact) mass is 294 g/mol. The maximum Gasteiger partial charge on any atom is 0.156 e. The lowest BCUT2D eigenvalue weighted by atomic mass is 10.1. The fourth-order valence-electron chi connectivity index (χ4n) is 2.34. The average Bonchev–Trinajstić information content (AvgIpc) is 2.68. The van der Waals surface area contributed by atoms with Crippen molar-refractivity contribution in [2.45, 2.75) is 44.7 Å². The van der Waals surface area contributed by atoms with E-state index in [1.54, 1.807) is 13.8 Å². The Bertz CT molecular complexity index is 728. The van der Waals surface area contributed by atoms with Crippen LogP contribution in [0.2, 0.25) is 0 Å². The van der Waals surface area contributed by atoms with Crippen LogP contribution in [0.4, 0.5) is 5.69 Å². The van der Waals surface area contributed by atoms with Gasteiger partial charge in [-0.15, -0.1) is 0 Å². The van der Waals surface area contributed by atoms with Crippen molar-refractivity contribution < 1.29 is 8.42 Å². The smallest absolute Gasteiger partial charge is 0.156 e. The molecule has 4 nitrogen and oxygen atoms in total. The van der Waals surface area contributed by atoms with Gasteiger partial charge in [-0.2, -0.15) is 0 Å². The molecule has 0 amide bonds. The number of sulfone groups is 1. The topological polar surface area (TPSA) is 65.1 Å². The molecule has 2 N–H and O–H groups in total. The first-order valence-electron chi connectivity index (χ1n) is 6.83. The van der Waals surface area contributed by atoms with Crippen LogP contribution in [0, 0.1) is 0 Å². The van der Waals surface area contributed by atoms with Gasteiger partial charge in [-0.1, -0.05) is 6.07 Å². The SMILES string of the molecule is CC(C)n1cc(CS(=O)(=O)C(C)C)c2c(N)cccc21. The summed E-state index contributed by atoms with van der Waals surface area (Å²) in [6, 6.07) is 5.96. The van der Waals surface area contributed by atoms with Gasteiger partial charge in [-0.25, -0.2) is 8.42 Å². The Kier molecular flexibility index (Phi) is 3.82. The molecule has 20 heavy (non-hydrogen) atoms. The van der Waals surface area contributed by atoms with E-state index in [2.05, 4.69) is 18.4 Å². The van der Waals surface area contributed by atoms with Crippen molar-refractivity contribution in [3.05, 3.63) is 30.0 Å². The largest absolute Gasteiger partial charge is 0.398 e. The molecule has 0 fully saturated rings. The maximum absolute atomic E-state index is 12.2. The number of fused-ring (bicyclic) bond motifs is 1. The van der Waals surface area contributed by atoms with E-state index < -0.39 is 9.84 Å². The Morgan fingerprint density at radius 1 is 1.20 bits per heavy atom. The number of nitrogens with zero attached hydrogens (tertiary/aromatic N) is 1. The third kappa shape index (κ3) is 2.54. The minimum Gasteiger partial charge on any atom is -0.398 e. The van der Waals surface area contributed by atoms with Crippen LogP contribution in [-0.2, 0) is 15.6 Å². The van der Waals surface area contributed by atoms with Gasteiger partial charge in [0.2, 0.25) is 0 Å². The number of nitrogens with two attached hydrogens (primary N) is 1. The summed E-state index contributed by atoms with van der Waals surface area (Å²) in [7, 11) is -3.14. The summed E-state index contributed by atoms with van der Waals surface area (Å²) in [4.78, 5) is 0. The molecule has 0 bridgehead atoms. The molecule has 1 aromatic heterocycles. The normalized spacial score (nSPS) is 12.7. The molecule has 0 atom stereocenters. The fourth-order valence-corrected chi connectivity index (χ4v) is 3.33. The van der Waals surface area contributed by atoms with Crippen LogP contribution in [0.25, 0.3) is 10.9 Å². The van der Waals surface area contributed by atoms with E-state index in [-0.39, 0.29) is 17.0 Å². The van der Waals surface area contributed by atoms with Gasteiger partial charge in [-0.3, -0.25) is 0 Å². The van der Waals surface area contributed by atoms with Crippen molar-refractivity contribution in [3.8, 4) is 0 Å². The summed E-state index contributed by atoms with van der Waals surface area (Å²) >= 11 is 0. The molecule has 0 unspecified atom stereocenters. The summed E-state index contributed by atoms with van der Waals surface area (Å²) < 4.78 is 26.4. The average molecular weight is 294 g/mol. The third-order valence-corrected chi connectivity index (χ3v) is 5.75. The molecule has 110 valence electrons. The predicted octanol–water partition coefficient (Wildman–Crippen LogP) is 3.13. The second kappa shape index (κ2) is 5.13. The predicted molar refractivity (Wildman–Crippen MR) is 84.5 cm³/mol. The van der Waals surface area contributed by atoms with Gasteiger partial charge < -0.3 is 10.3 Å². The fraction of sp³-hybridized carbons (Fsp3) is 0.467. The molecule has 1 heterocycles. The zero-order valence-electron chi connectivity index (χ0n) is 12.4. The summed E-state index contributed by atoms with van der Waals surface area (Å²) in [5.41, 5.74) is 8.48. The second-order valence-electron chi connectivity index (χ2n) is 5.75. The molecule has 0 saturated carbocycles. The highest BCUT2D eigenvalue weighted by atomic mass is 32.2. The number of benzene rings is 1. The van der Waals surface area contributed by atoms with Gasteiger partial charge in [-0.05, 0) is 45.4 Å². The van der Waals surface area contributed by atoms with Gasteiger partial charge in [0.25, 0.3) is 0 Å². The summed E-state index contributed by atoms with van der Waals surface area (Å²) in [5.74, 6) is 0.0368. The lowest BCUT2D eigenvalue weighted by Crippen LogP contribution is -2.16. The first-order chi connectivity index (χ1) is 9.24. The molecular weight excluding hydrogens is 272 g/mol. The van der Waals surface area contributed by atoms with Crippen molar-refractivity contribution in [2.24, 2.45) is 0 Å². The van der Waals surface area contributed by atoms with E-state index >= 15 is 0 Å². The van der Waals surface area contributed by atoms with Crippen molar-refractivity contribution in [1.82, 2.24) is 4.57 Å². The Morgan fingerprint density at radius 3 is 2.40 bits per heavy atom. The van der Waals surface area contributed by atoms with E-state index in [0.717, 1.165) is 16.5 Å². The van der Waals surface area contributed by atoms with Crippen LogP contribution >= 0.6 is 0 Å². The Balaban J connectivity index is 2.65. The Labute approximate surface area is 120 Å². The standard InChI is InChI=1S/C15H22N2O2S/c1-10(2)17-8-12(9-20(18,19)11(3)4)15-13(16)6-5-7-14(15)17/h5-8,10-11H,9,16H2,1-4H3. The van der Waals surface area contributed by atoms with E-state index in [4.69, 9.17) is 5.73 Å². The minimum absolute atomic E-state index is 0.0368. The summed E-state index contributed by atoms with van der Waals surface area (Å²) in [6.07, 6.45) is 1.92. The van der Waals surface area contributed by atoms with Crippen LogP contribution in [0.5, 0.6) is 0 Å². The maximum atomic E-state index is 12.2. The lowest BCUT2D eigenvalue weighted by molar-refractivity contribution is 0.586. The number of nitrogen functional groups attached to an aromatic ring is 1. The number of hydrogen-bond acceptors (Lipinski definition) is 3. The molecule has 2 aromatic rings. The van der Waals surface area contributed by atoms with Crippen LogP contribution in [0.1, 0.15) is 39.3 Å². The zero-order chi connectivity index (χ0) is 15.1. The van der Waals surface area contributed by atoms with E-state index in [1.807, 2.05) is 24.4 Å². The van der Waals surface area contributed by atoms with E-state index in [9.17, 15) is 8.42 Å². The molecular formula is C15H22N2O2S. The van der Waals surface area contributed by atoms with E-state index in [0.29, 0.717) is 5.69 Å². The molecule has 0 radical (unpaired) electrons. The molecule has 0 aliphatic rings. The summed E-state index contributed by atoms with van der Waals surface area (Å²) in [6.45, 7) is 7.56. The molecule has 1 aromatic carbocycles. The van der Waals surface area contributed by atoms with Crippen LogP contribution in [0.15, 0.2) is 24.4 Å². The highest BCUT2D eigenvalue weighted by Crippen LogP contribution is 2.31. The first kappa shape index (κ1) is 14.9. The number of hydrogen-bond donors (Lipinski definition) is 1. The molecule has 0 aliphatic heterocycles. The highest BCUT2D eigenvalue weighted by molar-refractivity contribution is 7.91. The Hall–Kier alpha value is -1.49. The zero-order valence-corrected chi connectivity index (χ0v) is 13.2. The van der Waals surface area contributed by atoms with Crippen LogP contribution in [0.3, 0.4) is 0 Å². The molecule has 5 heteroatoms. The van der Waals surface area contributed by atoms with Crippen molar-refractivity contribution in [1.29, 1.82) is 0 Å². The van der Waals surface area contributed by atoms with E-state index in [1.165, 1.54) is 0 Å². The van der Waals surface area contributed by atoms with Crippen LogP contribution in [-0.4, -0.2) is 18.2 Å². The van der Waals surface area contributed by atoms with Crippen molar-refractivity contribution >= 4 is 26.4 Å². The third-order valence-electron chi connectivity index (χ3n) is 3.60. The van der Waals surface area contributed by atoms with Gasteiger partial charge in [0.1, 0.15) is 0 Å².